The van der Waals surface area contributed by atoms with Gasteiger partial charge >= 0.3 is 12.0 Å². The summed E-state index contributed by atoms with van der Waals surface area (Å²) in [5.41, 5.74) is 1.26. The van der Waals surface area contributed by atoms with Gasteiger partial charge in [0.1, 0.15) is 0 Å². The lowest BCUT2D eigenvalue weighted by Gasteiger charge is -2.19. The summed E-state index contributed by atoms with van der Waals surface area (Å²) in [7, 11) is 0. The van der Waals surface area contributed by atoms with Gasteiger partial charge in [-0.15, -0.1) is 0 Å². The van der Waals surface area contributed by atoms with E-state index < -0.39 is 5.97 Å². The number of hydrogen-bond acceptors (Lipinski definition) is 2. The number of urea groups is 1. The fourth-order valence-corrected chi connectivity index (χ4v) is 2.84. The summed E-state index contributed by atoms with van der Waals surface area (Å²) in [6.45, 7) is 1.79. The van der Waals surface area contributed by atoms with Crippen LogP contribution in [0.2, 0.25) is 0 Å². The SMILES string of the molecule is Cc1cccc(C(=O)O)c1NC(=O)NC(C1CC1)C1CC1. The average molecular weight is 288 g/mol. The number of benzene rings is 1. The van der Waals surface area contributed by atoms with Crippen LogP contribution in [0.4, 0.5) is 10.5 Å². The number of amides is 2. The molecule has 0 aliphatic heterocycles. The zero-order chi connectivity index (χ0) is 15.0. The number of para-hydroxylation sites is 1. The largest absolute Gasteiger partial charge is 0.478 e. The fourth-order valence-electron chi connectivity index (χ4n) is 2.84. The standard InChI is InChI=1S/C16H20N2O3/c1-9-3-2-4-12(15(19)20)13(9)17-16(21)18-14(10-5-6-10)11-7-8-11/h2-4,10-11,14H,5-8H2,1H3,(H,19,20)(H2,17,18,21). The fraction of sp³-hybridized carbons (Fsp3) is 0.500. The first kappa shape index (κ1) is 13.9. The van der Waals surface area contributed by atoms with Crippen LogP contribution in [0.5, 0.6) is 0 Å². The Kier molecular flexibility index (Phi) is 3.57. The molecule has 0 radical (unpaired) electrons. The summed E-state index contributed by atoms with van der Waals surface area (Å²) in [5.74, 6) is 0.188. The van der Waals surface area contributed by atoms with Crippen molar-refractivity contribution in [3.05, 3.63) is 29.3 Å². The zero-order valence-corrected chi connectivity index (χ0v) is 12.1. The molecule has 5 nitrogen and oxygen atoms in total. The molecule has 3 rings (SSSR count). The van der Waals surface area contributed by atoms with E-state index in [4.69, 9.17) is 0 Å². The molecule has 21 heavy (non-hydrogen) atoms. The topological polar surface area (TPSA) is 78.4 Å². The Labute approximate surface area is 123 Å². The van der Waals surface area contributed by atoms with Crippen LogP contribution in [-0.2, 0) is 0 Å². The Morgan fingerprint density at radius 2 is 1.81 bits per heavy atom. The molecule has 2 amide bonds. The van der Waals surface area contributed by atoms with Gasteiger partial charge in [-0.2, -0.15) is 0 Å². The van der Waals surface area contributed by atoms with Gasteiger partial charge in [0.15, 0.2) is 0 Å². The van der Waals surface area contributed by atoms with Crippen molar-refractivity contribution in [3.63, 3.8) is 0 Å². The Morgan fingerprint density at radius 3 is 2.33 bits per heavy atom. The third-order valence-corrected chi connectivity index (χ3v) is 4.30. The molecule has 0 bridgehead atoms. The summed E-state index contributed by atoms with van der Waals surface area (Å²) >= 11 is 0. The maximum Gasteiger partial charge on any atom is 0.337 e. The minimum absolute atomic E-state index is 0.125. The maximum atomic E-state index is 12.2. The number of anilines is 1. The van der Waals surface area contributed by atoms with Gasteiger partial charge in [0.05, 0.1) is 11.3 Å². The molecule has 1 aromatic carbocycles. The molecule has 2 saturated carbocycles. The quantitative estimate of drug-likeness (QED) is 0.779. The zero-order valence-electron chi connectivity index (χ0n) is 12.1. The van der Waals surface area contributed by atoms with Gasteiger partial charge in [0.25, 0.3) is 0 Å². The van der Waals surface area contributed by atoms with E-state index in [9.17, 15) is 14.7 Å². The second kappa shape index (κ2) is 5.39. The van der Waals surface area contributed by atoms with Crippen molar-refractivity contribution < 1.29 is 14.7 Å². The van der Waals surface area contributed by atoms with E-state index in [1.165, 1.54) is 31.7 Å². The Balaban J connectivity index is 1.70. The minimum atomic E-state index is -1.03. The number of aryl methyl sites for hydroxylation is 1. The van der Waals surface area contributed by atoms with Crippen LogP contribution in [0.25, 0.3) is 0 Å². The van der Waals surface area contributed by atoms with E-state index in [0.29, 0.717) is 17.5 Å². The van der Waals surface area contributed by atoms with E-state index in [1.54, 1.807) is 19.1 Å². The van der Waals surface area contributed by atoms with Gasteiger partial charge in [-0.25, -0.2) is 9.59 Å². The molecule has 1 aromatic rings. The van der Waals surface area contributed by atoms with Gasteiger partial charge in [0, 0.05) is 6.04 Å². The van der Waals surface area contributed by atoms with E-state index >= 15 is 0 Å². The normalized spacial score (nSPS) is 17.6. The number of hydrogen-bond donors (Lipinski definition) is 3. The summed E-state index contributed by atoms with van der Waals surface area (Å²) in [6.07, 6.45) is 4.75. The maximum absolute atomic E-state index is 12.2. The molecular weight excluding hydrogens is 268 g/mol. The average Bonchev–Trinajstić information content (AvgIpc) is 3.30. The van der Waals surface area contributed by atoms with Crippen LogP contribution in [0.1, 0.15) is 41.6 Å². The van der Waals surface area contributed by atoms with E-state index in [2.05, 4.69) is 10.6 Å². The lowest BCUT2D eigenvalue weighted by molar-refractivity contribution is 0.0698. The summed E-state index contributed by atoms with van der Waals surface area (Å²) in [4.78, 5) is 23.4. The highest BCUT2D eigenvalue weighted by molar-refractivity contribution is 6.01. The highest BCUT2D eigenvalue weighted by atomic mass is 16.4. The first-order valence-electron chi connectivity index (χ1n) is 7.46. The predicted octanol–water partition coefficient (Wildman–Crippen LogP) is 3.00. The summed E-state index contributed by atoms with van der Waals surface area (Å²) in [5, 5.41) is 15.0. The number of nitrogens with one attached hydrogen (secondary N) is 2. The van der Waals surface area contributed by atoms with Gasteiger partial charge in [-0.3, -0.25) is 0 Å². The minimum Gasteiger partial charge on any atom is -0.478 e. The van der Waals surface area contributed by atoms with E-state index in [-0.39, 0.29) is 17.6 Å². The Hall–Kier alpha value is -2.04. The van der Waals surface area contributed by atoms with Crippen molar-refractivity contribution in [1.82, 2.24) is 5.32 Å². The number of carbonyl (C=O) groups is 2. The number of carboxylic acid groups (broad SMARTS) is 1. The van der Waals surface area contributed by atoms with Crippen LogP contribution < -0.4 is 10.6 Å². The highest BCUT2D eigenvalue weighted by Crippen LogP contribution is 2.44. The highest BCUT2D eigenvalue weighted by Gasteiger charge is 2.42. The molecule has 0 heterocycles. The van der Waals surface area contributed by atoms with Crippen LogP contribution in [-0.4, -0.2) is 23.1 Å². The first-order chi connectivity index (χ1) is 10.1. The number of aromatic carboxylic acids is 1. The summed E-state index contributed by atoms with van der Waals surface area (Å²) < 4.78 is 0. The number of rotatable bonds is 5. The van der Waals surface area contributed by atoms with Crippen molar-refractivity contribution >= 4 is 17.7 Å². The van der Waals surface area contributed by atoms with E-state index in [1.807, 2.05) is 0 Å². The molecule has 2 aliphatic carbocycles. The second-order valence-electron chi connectivity index (χ2n) is 6.10. The molecule has 3 N–H and O–H groups in total. The van der Waals surface area contributed by atoms with Crippen LogP contribution >= 0.6 is 0 Å². The molecule has 5 heteroatoms. The lowest BCUT2D eigenvalue weighted by Crippen LogP contribution is -2.41. The third-order valence-electron chi connectivity index (χ3n) is 4.30. The first-order valence-corrected chi connectivity index (χ1v) is 7.46. The van der Waals surface area contributed by atoms with Crippen molar-refractivity contribution in [1.29, 1.82) is 0 Å². The van der Waals surface area contributed by atoms with Gasteiger partial charge in [-0.05, 0) is 56.1 Å². The smallest absolute Gasteiger partial charge is 0.337 e. The van der Waals surface area contributed by atoms with Crippen molar-refractivity contribution in [2.24, 2.45) is 11.8 Å². The molecule has 2 aliphatic rings. The molecule has 112 valence electrons. The Morgan fingerprint density at radius 1 is 1.19 bits per heavy atom. The van der Waals surface area contributed by atoms with Crippen LogP contribution in [0.15, 0.2) is 18.2 Å². The van der Waals surface area contributed by atoms with Gasteiger partial charge in [-0.1, -0.05) is 12.1 Å². The second-order valence-corrected chi connectivity index (χ2v) is 6.10. The van der Waals surface area contributed by atoms with Gasteiger partial charge in [0.2, 0.25) is 0 Å². The Bertz CT molecular complexity index is 565. The molecule has 0 saturated heterocycles. The third kappa shape index (κ3) is 3.17. The summed E-state index contributed by atoms with van der Waals surface area (Å²) in [6, 6.07) is 4.93. The van der Waals surface area contributed by atoms with E-state index in [0.717, 1.165) is 5.56 Å². The van der Waals surface area contributed by atoms with Crippen molar-refractivity contribution in [2.75, 3.05) is 5.32 Å². The van der Waals surface area contributed by atoms with Crippen LogP contribution in [0, 0.1) is 18.8 Å². The molecule has 0 aromatic heterocycles. The monoisotopic (exact) mass is 288 g/mol. The molecule has 0 spiro atoms. The molecule has 0 unspecified atom stereocenters. The molecular formula is C16H20N2O3. The molecule has 0 atom stereocenters. The van der Waals surface area contributed by atoms with Crippen molar-refractivity contribution in [2.45, 2.75) is 38.6 Å². The molecule has 2 fully saturated rings. The van der Waals surface area contributed by atoms with Crippen LogP contribution in [0.3, 0.4) is 0 Å². The number of carbonyl (C=O) groups excluding carboxylic acids is 1. The lowest BCUT2D eigenvalue weighted by atomic mass is 10.1. The van der Waals surface area contributed by atoms with Crippen molar-refractivity contribution in [3.8, 4) is 0 Å². The number of carboxylic acids is 1. The van der Waals surface area contributed by atoms with Gasteiger partial charge < -0.3 is 15.7 Å². The predicted molar refractivity (Wildman–Crippen MR) is 79.5 cm³/mol.